The van der Waals surface area contributed by atoms with Crippen molar-refractivity contribution in [3.05, 3.63) is 41.2 Å². The molecule has 0 radical (unpaired) electrons. The summed E-state index contributed by atoms with van der Waals surface area (Å²) in [6.45, 7) is 8.61. The second-order valence-corrected chi connectivity index (χ2v) is 5.34. The predicted molar refractivity (Wildman–Crippen MR) is 102 cm³/mol. The summed E-state index contributed by atoms with van der Waals surface area (Å²) in [4.78, 5) is 31.5. The van der Waals surface area contributed by atoms with Gasteiger partial charge in [-0.2, -0.15) is 0 Å². The van der Waals surface area contributed by atoms with Crippen LogP contribution in [0.1, 0.15) is 76.6 Å². The third-order valence-electron chi connectivity index (χ3n) is 2.73. The Labute approximate surface area is 173 Å². The minimum Gasteiger partial charge on any atom is -0.697 e. The second-order valence-electron chi connectivity index (χ2n) is 5.34. The van der Waals surface area contributed by atoms with Gasteiger partial charge in [0.25, 0.3) is 0 Å². The third-order valence-corrected chi connectivity index (χ3v) is 2.73. The summed E-state index contributed by atoms with van der Waals surface area (Å²) < 4.78 is 0. The summed E-state index contributed by atoms with van der Waals surface area (Å²) >= 11 is 0. The Balaban J connectivity index is -0.000000297. The van der Waals surface area contributed by atoms with Crippen molar-refractivity contribution in [3.63, 3.8) is 0 Å². The van der Waals surface area contributed by atoms with Crippen LogP contribution in [0.2, 0.25) is 0 Å². The van der Waals surface area contributed by atoms with Crippen LogP contribution in [0, 0.1) is 6.07 Å². The van der Waals surface area contributed by atoms with Gasteiger partial charge in [-0.3, -0.25) is 14.9 Å². The molecule has 1 aliphatic heterocycles. The molecule has 0 spiro atoms. The van der Waals surface area contributed by atoms with Crippen LogP contribution in [0.5, 0.6) is 0 Å². The molecule has 0 aliphatic carbocycles. The van der Waals surface area contributed by atoms with Crippen molar-refractivity contribution in [1.82, 2.24) is 5.32 Å². The molecule has 1 aromatic rings. The molecule has 1 fully saturated rings. The van der Waals surface area contributed by atoms with Crippen molar-refractivity contribution in [2.45, 2.75) is 66.2 Å². The van der Waals surface area contributed by atoms with E-state index in [-0.39, 0.29) is 38.8 Å². The SMILES string of the molecule is CCC.CCCC.C[N-]C(=O)c1[c-]cccc1.O=C1CCCC(=O)N1.[W+2]. The molecule has 26 heavy (non-hydrogen) atoms. The van der Waals surface area contributed by atoms with Gasteiger partial charge in [0.15, 0.2) is 0 Å². The quantitative estimate of drug-likeness (QED) is 0.445. The van der Waals surface area contributed by atoms with Crippen LogP contribution >= 0.6 is 0 Å². The minimum atomic E-state index is -0.222. The van der Waals surface area contributed by atoms with Crippen molar-refractivity contribution >= 4 is 17.7 Å². The zero-order chi connectivity index (χ0) is 19.5. The Hall–Kier alpha value is -1.48. The number of carbonyl (C=O) groups excluding carboxylic acids is 3. The largest absolute Gasteiger partial charge is 2.00 e. The molecule has 0 bridgehead atoms. The van der Waals surface area contributed by atoms with Crippen molar-refractivity contribution in [2.24, 2.45) is 0 Å². The first kappa shape index (κ1) is 29.3. The first-order valence-corrected chi connectivity index (χ1v) is 8.90. The fourth-order valence-electron chi connectivity index (χ4n) is 1.34. The van der Waals surface area contributed by atoms with Gasteiger partial charge >= 0.3 is 21.1 Å². The molecule has 2 rings (SSSR count). The topological polar surface area (TPSA) is 77.3 Å². The summed E-state index contributed by atoms with van der Waals surface area (Å²) in [6.07, 6.45) is 5.61. The van der Waals surface area contributed by atoms with Gasteiger partial charge in [0.05, 0.1) is 0 Å². The van der Waals surface area contributed by atoms with E-state index >= 15 is 0 Å². The van der Waals surface area contributed by atoms with E-state index in [1.165, 1.54) is 26.3 Å². The molecule has 1 saturated heterocycles. The Bertz CT molecular complexity index is 463. The van der Waals surface area contributed by atoms with E-state index in [9.17, 15) is 14.4 Å². The van der Waals surface area contributed by atoms with E-state index in [1.807, 2.05) is 6.07 Å². The van der Waals surface area contributed by atoms with E-state index in [0.29, 0.717) is 24.8 Å². The maximum atomic E-state index is 10.8. The first-order chi connectivity index (χ1) is 12.0. The van der Waals surface area contributed by atoms with Gasteiger partial charge < -0.3 is 10.1 Å². The first-order valence-electron chi connectivity index (χ1n) is 8.90. The molecule has 0 atom stereocenters. The zero-order valence-corrected chi connectivity index (χ0v) is 19.6. The Morgan fingerprint density at radius 1 is 1.08 bits per heavy atom. The number of amides is 3. The molecule has 0 saturated carbocycles. The van der Waals surface area contributed by atoms with Crippen LogP contribution in [0.25, 0.3) is 5.32 Å². The van der Waals surface area contributed by atoms with E-state index in [0.717, 1.165) is 0 Å². The van der Waals surface area contributed by atoms with Gasteiger partial charge in [0, 0.05) is 12.8 Å². The molecule has 0 aromatic heterocycles. The zero-order valence-electron chi connectivity index (χ0n) is 16.6. The van der Waals surface area contributed by atoms with Crippen LogP contribution in [-0.2, 0) is 30.7 Å². The Kier molecular flexibility index (Phi) is 24.3. The summed E-state index contributed by atoms with van der Waals surface area (Å²) in [5.41, 5.74) is 0.519. The predicted octanol–water partition coefficient (Wildman–Crippen LogP) is 4.66. The standard InChI is InChI=1S/C8H8NO.C5H7NO2.C4H10.C3H8.W/c1-9-8(10)7-5-3-2-4-6-7;7-4-2-1-3-5(8)6-4;1-3-4-2;1-3-2;/h2-5H,1H3,(H,9,10);1-3H2,(H,6,7,8);3-4H2,1-2H3;3H2,1-2H3;/q-1;;;;+2/p-1. The molecular formula is C20H32N2O3W. The molecule has 1 heterocycles. The summed E-state index contributed by atoms with van der Waals surface area (Å²) in [5, 5.41) is 5.69. The van der Waals surface area contributed by atoms with Crippen LogP contribution in [-0.4, -0.2) is 24.8 Å². The second kappa shape index (κ2) is 21.6. The fraction of sp³-hybridized carbons (Fsp3) is 0.550. The van der Waals surface area contributed by atoms with Crippen LogP contribution in [0.3, 0.4) is 0 Å². The number of hydrogen-bond acceptors (Lipinski definition) is 3. The van der Waals surface area contributed by atoms with Crippen molar-refractivity contribution in [3.8, 4) is 0 Å². The van der Waals surface area contributed by atoms with Crippen molar-refractivity contribution in [1.29, 1.82) is 0 Å². The number of nitrogens with zero attached hydrogens (tertiary/aromatic N) is 1. The number of imide groups is 1. The minimum absolute atomic E-state index is 0. The number of benzene rings is 1. The number of carbonyl (C=O) groups is 3. The molecule has 3 amide bonds. The number of piperidine rings is 1. The van der Waals surface area contributed by atoms with Gasteiger partial charge in [-0.15, -0.1) is 42.9 Å². The molecule has 1 aliphatic rings. The smallest absolute Gasteiger partial charge is 0.697 e. The van der Waals surface area contributed by atoms with Crippen LogP contribution < -0.4 is 5.32 Å². The van der Waals surface area contributed by atoms with E-state index in [4.69, 9.17) is 0 Å². The molecule has 1 aromatic carbocycles. The fourth-order valence-corrected chi connectivity index (χ4v) is 1.34. The third kappa shape index (κ3) is 18.9. The average Bonchev–Trinajstić information content (AvgIpc) is 2.63. The average molecular weight is 532 g/mol. The monoisotopic (exact) mass is 532 g/mol. The van der Waals surface area contributed by atoms with Crippen LogP contribution in [0.4, 0.5) is 0 Å². The van der Waals surface area contributed by atoms with Gasteiger partial charge in [-0.05, 0) is 12.3 Å². The molecule has 5 nitrogen and oxygen atoms in total. The van der Waals surface area contributed by atoms with Gasteiger partial charge in [-0.1, -0.05) is 47.0 Å². The van der Waals surface area contributed by atoms with E-state index in [2.05, 4.69) is 44.4 Å². The van der Waals surface area contributed by atoms with Crippen LogP contribution in [0.15, 0.2) is 24.3 Å². The Morgan fingerprint density at radius 3 is 1.85 bits per heavy atom. The van der Waals surface area contributed by atoms with E-state index < -0.39 is 0 Å². The summed E-state index contributed by atoms with van der Waals surface area (Å²) in [6, 6.07) is 9.76. The maximum absolute atomic E-state index is 10.8. The summed E-state index contributed by atoms with van der Waals surface area (Å²) in [5.74, 6) is -0.497. The van der Waals surface area contributed by atoms with Crippen molar-refractivity contribution < 1.29 is 35.4 Å². The van der Waals surface area contributed by atoms with Gasteiger partial charge in [0.1, 0.15) is 0 Å². The summed E-state index contributed by atoms with van der Waals surface area (Å²) in [7, 11) is 1.48. The molecule has 146 valence electrons. The number of hydrogen-bond donors (Lipinski definition) is 1. The number of nitrogens with one attached hydrogen (secondary N) is 1. The molecule has 6 heteroatoms. The molecule has 0 unspecified atom stereocenters. The normalized spacial score (nSPS) is 11.6. The number of rotatable bonds is 2. The Morgan fingerprint density at radius 2 is 1.58 bits per heavy atom. The van der Waals surface area contributed by atoms with E-state index in [1.54, 1.807) is 18.2 Å². The number of unbranched alkanes of at least 4 members (excludes halogenated alkanes) is 1. The van der Waals surface area contributed by atoms with Gasteiger partial charge in [-0.25, -0.2) is 0 Å². The molecular weight excluding hydrogens is 500 g/mol. The van der Waals surface area contributed by atoms with Gasteiger partial charge in [0.2, 0.25) is 11.8 Å². The van der Waals surface area contributed by atoms with Crippen molar-refractivity contribution in [2.75, 3.05) is 7.05 Å². The maximum Gasteiger partial charge on any atom is 2.00 e. The molecule has 1 N–H and O–H groups in total.